The van der Waals surface area contributed by atoms with Crippen LogP contribution in [0.1, 0.15) is 47.2 Å². The molecule has 0 bridgehead atoms. The molecule has 4 heteroatoms. The van der Waals surface area contributed by atoms with Crippen LogP contribution in [0.15, 0.2) is 41.0 Å². The highest BCUT2D eigenvalue weighted by molar-refractivity contribution is 9.10. The van der Waals surface area contributed by atoms with E-state index in [0.717, 1.165) is 17.3 Å². The van der Waals surface area contributed by atoms with Gasteiger partial charge in [0.05, 0.1) is 6.04 Å². The molecule has 2 aromatic rings. The highest BCUT2D eigenvalue weighted by Crippen LogP contribution is 2.39. The van der Waals surface area contributed by atoms with Gasteiger partial charge in [0.15, 0.2) is 0 Å². The Morgan fingerprint density at radius 2 is 2.24 bits per heavy atom. The molecule has 0 saturated heterocycles. The highest BCUT2D eigenvalue weighted by Gasteiger charge is 2.29. The number of nitrogens with one attached hydrogen (secondary N) is 1. The summed E-state index contributed by atoms with van der Waals surface area (Å²) in [6, 6.07) is 10.8. The van der Waals surface area contributed by atoms with E-state index in [9.17, 15) is 0 Å². The van der Waals surface area contributed by atoms with Crippen LogP contribution < -0.4 is 11.3 Å². The molecule has 0 radical (unpaired) electrons. The Hall–Kier alpha value is -1.23. The fourth-order valence-corrected chi connectivity index (χ4v) is 3.98. The van der Waals surface area contributed by atoms with Crippen LogP contribution in [0.5, 0.6) is 0 Å². The van der Waals surface area contributed by atoms with Crippen molar-refractivity contribution in [2.24, 2.45) is 5.84 Å². The summed E-state index contributed by atoms with van der Waals surface area (Å²) < 4.78 is 1.09. The maximum atomic E-state index is 5.90. The van der Waals surface area contributed by atoms with E-state index in [0.29, 0.717) is 5.92 Å². The normalized spacial score (nSPS) is 19.1. The van der Waals surface area contributed by atoms with Gasteiger partial charge in [-0.3, -0.25) is 16.3 Å². The number of halogens is 1. The lowest BCUT2D eigenvalue weighted by atomic mass is 9.79. The molecule has 0 saturated carbocycles. The molecule has 3 N–H and O–H groups in total. The van der Waals surface area contributed by atoms with Crippen molar-refractivity contribution in [3.05, 3.63) is 63.4 Å². The fourth-order valence-electron chi connectivity index (χ4n) is 3.36. The summed E-state index contributed by atoms with van der Waals surface area (Å²) in [6.07, 6.45) is 5.31. The molecule has 1 aliphatic carbocycles. The minimum absolute atomic E-state index is 0.0927. The summed E-state index contributed by atoms with van der Waals surface area (Å²) in [5, 5.41) is 0. The zero-order valence-corrected chi connectivity index (χ0v) is 13.7. The van der Waals surface area contributed by atoms with Gasteiger partial charge in [-0.1, -0.05) is 28.1 Å². The Bertz CT molecular complexity index is 621. The van der Waals surface area contributed by atoms with Gasteiger partial charge in [-0.15, -0.1) is 0 Å². The maximum absolute atomic E-state index is 5.90. The third kappa shape index (κ3) is 3.03. The van der Waals surface area contributed by atoms with E-state index in [1.54, 1.807) is 0 Å². The van der Waals surface area contributed by atoms with Crippen molar-refractivity contribution in [1.29, 1.82) is 0 Å². The number of hydrazine groups is 1. The van der Waals surface area contributed by atoms with Crippen LogP contribution in [0.25, 0.3) is 0 Å². The number of nitrogens with zero attached hydrogens (tertiary/aromatic N) is 1. The van der Waals surface area contributed by atoms with Crippen molar-refractivity contribution in [3.63, 3.8) is 0 Å². The average Bonchev–Trinajstić information content (AvgIpc) is 2.47. The van der Waals surface area contributed by atoms with E-state index in [2.05, 4.69) is 57.5 Å². The molecule has 1 aromatic heterocycles. The first kappa shape index (κ1) is 14.7. The Kier molecular flexibility index (Phi) is 4.38. The first-order chi connectivity index (χ1) is 10.2. The first-order valence-corrected chi connectivity index (χ1v) is 8.15. The molecule has 1 aromatic carbocycles. The summed E-state index contributed by atoms with van der Waals surface area (Å²) in [4.78, 5) is 4.63. The number of hydrogen-bond donors (Lipinski definition) is 2. The number of aryl methyl sites for hydroxylation is 2. The summed E-state index contributed by atoms with van der Waals surface area (Å²) in [7, 11) is 0. The SMILES string of the molecule is Cc1cc(Br)cc(C(NN)C2CCCc3cccnc32)c1. The molecule has 2 atom stereocenters. The maximum Gasteiger partial charge on any atom is 0.0544 e. The molecule has 0 amide bonds. The van der Waals surface area contributed by atoms with Crippen LogP contribution in [-0.4, -0.2) is 4.98 Å². The van der Waals surface area contributed by atoms with Gasteiger partial charge in [0.2, 0.25) is 0 Å². The molecule has 21 heavy (non-hydrogen) atoms. The molecule has 1 aliphatic rings. The van der Waals surface area contributed by atoms with Crippen molar-refractivity contribution in [2.45, 2.75) is 38.1 Å². The topological polar surface area (TPSA) is 50.9 Å². The van der Waals surface area contributed by atoms with E-state index < -0.39 is 0 Å². The molecular formula is C17H20BrN3. The second kappa shape index (κ2) is 6.26. The molecule has 3 nitrogen and oxygen atoms in total. The number of nitrogens with two attached hydrogens (primary N) is 1. The van der Waals surface area contributed by atoms with Crippen LogP contribution in [0, 0.1) is 6.92 Å². The summed E-state index contributed by atoms with van der Waals surface area (Å²) in [6.45, 7) is 2.11. The van der Waals surface area contributed by atoms with Crippen LogP contribution in [0.4, 0.5) is 0 Å². The molecule has 0 spiro atoms. The molecule has 2 unspecified atom stereocenters. The molecule has 3 rings (SSSR count). The Morgan fingerprint density at radius 3 is 3.00 bits per heavy atom. The first-order valence-electron chi connectivity index (χ1n) is 7.36. The summed E-state index contributed by atoms with van der Waals surface area (Å²) >= 11 is 3.58. The minimum atomic E-state index is 0.0927. The van der Waals surface area contributed by atoms with Gasteiger partial charge in [0.25, 0.3) is 0 Å². The van der Waals surface area contributed by atoms with E-state index >= 15 is 0 Å². The lowest BCUT2D eigenvalue weighted by molar-refractivity contribution is 0.399. The quantitative estimate of drug-likeness (QED) is 0.657. The zero-order valence-electron chi connectivity index (χ0n) is 12.1. The number of pyridine rings is 1. The molecule has 1 heterocycles. The van der Waals surface area contributed by atoms with Crippen molar-refractivity contribution >= 4 is 15.9 Å². The van der Waals surface area contributed by atoms with Crippen molar-refractivity contribution in [2.75, 3.05) is 0 Å². The number of hydrogen-bond acceptors (Lipinski definition) is 3. The average molecular weight is 346 g/mol. The van der Waals surface area contributed by atoms with Crippen LogP contribution >= 0.6 is 15.9 Å². The van der Waals surface area contributed by atoms with E-state index in [-0.39, 0.29) is 6.04 Å². The van der Waals surface area contributed by atoms with Crippen LogP contribution in [0.3, 0.4) is 0 Å². The molecule has 110 valence electrons. The molecule has 0 aliphatic heterocycles. The van der Waals surface area contributed by atoms with E-state index in [1.807, 2.05) is 12.3 Å². The van der Waals surface area contributed by atoms with Crippen molar-refractivity contribution in [1.82, 2.24) is 10.4 Å². The van der Waals surface area contributed by atoms with Gasteiger partial charge in [-0.2, -0.15) is 0 Å². The third-order valence-corrected chi connectivity index (χ3v) is 4.70. The smallest absolute Gasteiger partial charge is 0.0544 e. The summed E-state index contributed by atoms with van der Waals surface area (Å²) in [5.41, 5.74) is 8.03. The molecule has 0 fully saturated rings. The minimum Gasteiger partial charge on any atom is -0.271 e. The predicted molar refractivity (Wildman–Crippen MR) is 88.9 cm³/mol. The second-order valence-corrected chi connectivity index (χ2v) is 6.67. The third-order valence-electron chi connectivity index (χ3n) is 4.24. The molecular weight excluding hydrogens is 326 g/mol. The number of rotatable bonds is 3. The van der Waals surface area contributed by atoms with E-state index in [4.69, 9.17) is 5.84 Å². The standard InChI is InChI=1S/C17H20BrN3/c1-11-8-13(10-14(18)9-11)17(21-19)15-6-2-4-12-5-3-7-20-16(12)15/h3,5,7-10,15,17,21H,2,4,6,19H2,1H3. The van der Waals surface area contributed by atoms with Gasteiger partial charge >= 0.3 is 0 Å². The Balaban J connectivity index is 2.01. The van der Waals surface area contributed by atoms with Crippen molar-refractivity contribution < 1.29 is 0 Å². The highest BCUT2D eigenvalue weighted by atomic mass is 79.9. The Morgan fingerprint density at radius 1 is 1.38 bits per heavy atom. The Labute approximate surface area is 134 Å². The largest absolute Gasteiger partial charge is 0.271 e. The lowest BCUT2D eigenvalue weighted by Gasteiger charge is -2.31. The van der Waals surface area contributed by atoms with Crippen LogP contribution in [0.2, 0.25) is 0 Å². The van der Waals surface area contributed by atoms with Gasteiger partial charge in [0, 0.05) is 22.3 Å². The number of fused-ring (bicyclic) bond motifs is 1. The predicted octanol–water partition coefficient (Wildman–Crippen LogP) is 3.78. The van der Waals surface area contributed by atoms with Gasteiger partial charge in [-0.25, -0.2) is 0 Å². The number of benzene rings is 1. The van der Waals surface area contributed by atoms with Gasteiger partial charge in [0.1, 0.15) is 0 Å². The number of aromatic nitrogens is 1. The fraction of sp³-hybridized carbons (Fsp3) is 0.353. The van der Waals surface area contributed by atoms with Crippen molar-refractivity contribution in [3.8, 4) is 0 Å². The lowest BCUT2D eigenvalue weighted by Crippen LogP contribution is -2.34. The van der Waals surface area contributed by atoms with E-state index in [1.165, 1.54) is 28.8 Å². The van der Waals surface area contributed by atoms with Gasteiger partial charge in [-0.05, 0) is 61.1 Å². The second-order valence-electron chi connectivity index (χ2n) is 5.75. The zero-order chi connectivity index (χ0) is 14.8. The van der Waals surface area contributed by atoms with Crippen LogP contribution in [-0.2, 0) is 6.42 Å². The summed E-state index contributed by atoms with van der Waals surface area (Å²) in [5.74, 6) is 6.23. The van der Waals surface area contributed by atoms with Gasteiger partial charge < -0.3 is 0 Å². The monoisotopic (exact) mass is 345 g/mol.